The van der Waals surface area contributed by atoms with Crippen LogP contribution in [0.4, 0.5) is 0 Å². The molecule has 0 aromatic heterocycles. The van der Waals surface area contributed by atoms with Crippen molar-refractivity contribution in [2.24, 2.45) is 17.3 Å². The van der Waals surface area contributed by atoms with E-state index in [0.29, 0.717) is 12.0 Å². The summed E-state index contributed by atoms with van der Waals surface area (Å²) in [7, 11) is 2.04. The summed E-state index contributed by atoms with van der Waals surface area (Å²) < 4.78 is 5.52. The van der Waals surface area contributed by atoms with Crippen LogP contribution in [-0.2, 0) is 4.74 Å². The van der Waals surface area contributed by atoms with E-state index in [9.17, 15) is 0 Å². The highest BCUT2D eigenvalue weighted by Crippen LogP contribution is 2.60. The van der Waals surface area contributed by atoms with E-state index < -0.39 is 0 Å². The third kappa shape index (κ3) is 2.13. The normalized spacial score (nSPS) is 36.6. The average Bonchev–Trinajstić information content (AvgIpc) is 3.17. The van der Waals surface area contributed by atoms with Gasteiger partial charge in [0.05, 0.1) is 13.2 Å². The summed E-state index contributed by atoms with van der Waals surface area (Å²) in [6, 6.07) is 0.559. The van der Waals surface area contributed by atoms with Crippen molar-refractivity contribution in [3.05, 3.63) is 0 Å². The molecular formula is C13H24N2O. The zero-order valence-electron chi connectivity index (χ0n) is 10.3. The molecule has 92 valence electrons. The van der Waals surface area contributed by atoms with Crippen LogP contribution in [0.1, 0.15) is 25.7 Å². The van der Waals surface area contributed by atoms with Crippen molar-refractivity contribution < 1.29 is 4.74 Å². The first kappa shape index (κ1) is 11.0. The number of hydrogen-bond acceptors (Lipinski definition) is 3. The fourth-order valence-electron chi connectivity index (χ4n) is 3.21. The number of nitrogens with one attached hydrogen (secondary N) is 2. The molecule has 3 heteroatoms. The molecule has 0 amide bonds. The molecule has 1 aliphatic heterocycles. The molecule has 2 N–H and O–H groups in total. The molecule has 0 radical (unpaired) electrons. The van der Waals surface area contributed by atoms with Crippen LogP contribution in [0.25, 0.3) is 0 Å². The fraction of sp³-hybridized carbons (Fsp3) is 1.00. The van der Waals surface area contributed by atoms with Gasteiger partial charge in [-0.1, -0.05) is 0 Å². The molecule has 3 fully saturated rings. The van der Waals surface area contributed by atoms with Gasteiger partial charge in [-0.25, -0.2) is 0 Å². The lowest BCUT2D eigenvalue weighted by Gasteiger charge is -2.20. The molecule has 2 atom stereocenters. The van der Waals surface area contributed by atoms with Crippen molar-refractivity contribution >= 4 is 0 Å². The highest BCUT2D eigenvalue weighted by molar-refractivity contribution is 5.05. The van der Waals surface area contributed by atoms with Gasteiger partial charge in [-0.15, -0.1) is 0 Å². The van der Waals surface area contributed by atoms with Crippen molar-refractivity contribution in [1.29, 1.82) is 0 Å². The molecule has 0 aromatic carbocycles. The molecule has 2 aliphatic carbocycles. The number of rotatable bonds is 6. The highest BCUT2D eigenvalue weighted by Gasteiger charge is 2.53. The third-order valence-electron chi connectivity index (χ3n) is 4.79. The second kappa shape index (κ2) is 4.28. The minimum Gasteiger partial charge on any atom is -0.379 e. The summed E-state index contributed by atoms with van der Waals surface area (Å²) in [5, 5.41) is 7.04. The summed E-state index contributed by atoms with van der Waals surface area (Å²) in [5.74, 6) is 1.74. The lowest BCUT2D eigenvalue weighted by Crippen LogP contribution is -2.39. The Hall–Kier alpha value is -0.120. The lowest BCUT2D eigenvalue weighted by molar-refractivity contribution is 0.182. The Kier molecular flexibility index (Phi) is 2.94. The molecule has 3 nitrogen and oxygen atoms in total. The predicted octanol–water partition coefficient (Wildman–Crippen LogP) is 1.00. The quantitative estimate of drug-likeness (QED) is 0.706. The summed E-state index contributed by atoms with van der Waals surface area (Å²) in [6.07, 6.45) is 5.93. The van der Waals surface area contributed by atoms with Crippen LogP contribution in [0.15, 0.2) is 0 Å². The Morgan fingerprint density at radius 2 is 2.06 bits per heavy atom. The Morgan fingerprint density at radius 3 is 2.69 bits per heavy atom. The minimum atomic E-state index is 0.559. The molecular weight excluding hydrogens is 200 g/mol. The Bertz CT molecular complexity index is 248. The van der Waals surface area contributed by atoms with Crippen LogP contribution < -0.4 is 10.6 Å². The standard InChI is InChI=1S/C13H24N2O/c1-14-12-8-16-7-10(12)6-15-9-13(4-5-13)11-2-3-11/h10-12,14-15H,2-9H2,1H3. The van der Waals surface area contributed by atoms with E-state index in [1.807, 2.05) is 7.05 Å². The second-order valence-electron chi connectivity index (χ2n) is 5.96. The summed E-state index contributed by atoms with van der Waals surface area (Å²) >= 11 is 0. The van der Waals surface area contributed by atoms with Crippen LogP contribution in [0, 0.1) is 17.3 Å². The van der Waals surface area contributed by atoms with Crippen LogP contribution in [0.5, 0.6) is 0 Å². The van der Waals surface area contributed by atoms with Gasteiger partial charge in [-0.2, -0.15) is 0 Å². The molecule has 2 unspecified atom stereocenters. The van der Waals surface area contributed by atoms with Gasteiger partial charge in [0.2, 0.25) is 0 Å². The maximum Gasteiger partial charge on any atom is 0.0623 e. The van der Waals surface area contributed by atoms with E-state index in [1.54, 1.807) is 0 Å². The van der Waals surface area contributed by atoms with Gasteiger partial charge < -0.3 is 15.4 Å². The van der Waals surface area contributed by atoms with E-state index in [1.165, 1.54) is 32.2 Å². The van der Waals surface area contributed by atoms with Crippen molar-refractivity contribution in [2.75, 3.05) is 33.4 Å². The highest BCUT2D eigenvalue weighted by atomic mass is 16.5. The van der Waals surface area contributed by atoms with Crippen molar-refractivity contribution in [3.63, 3.8) is 0 Å². The monoisotopic (exact) mass is 224 g/mol. The maximum absolute atomic E-state index is 5.52. The van der Waals surface area contributed by atoms with Gasteiger partial charge in [0.1, 0.15) is 0 Å². The lowest BCUT2D eigenvalue weighted by atomic mass is 9.99. The zero-order chi connectivity index (χ0) is 11.0. The molecule has 0 bridgehead atoms. The van der Waals surface area contributed by atoms with Crippen LogP contribution >= 0.6 is 0 Å². The topological polar surface area (TPSA) is 33.3 Å². The average molecular weight is 224 g/mol. The Morgan fingerprint density at radius 1 is 1.25 bits per heavy atom. The number of ether oxygens (including phenoxy) is 1. The van der Waals surface area contributed by atoms with E-state index >= 15 is 0 Å². The van der Waals surface area contributed by atoms with Crippen LogP contribution in [-0.4, -0.2) is 39.4 Å². The van der Waals surface area contributed by atoms with Crippen LogP contribution in [0.3, 0.4) is 0 Å². The molecule has 0 spiro atoms. The first-order chi connectivity index (χ1) is 7.84. The van der Waals surface area contributed by atoms with Gasteiger partial charge in [-0.05, 0) is 44.1 Å². The van der Waals surface area contributed by atoms with Gasteiger partial charge in [0, 0.05) is 25.0 Å². The van der Waals surface area contributed by atoms with Crippen molar-refractivity contribution in [2.45, 2.75) is 31.7 Å². The van der Waals surface area contributed by atoms with Gasteiger partial charge in [0.25, 0.3) is 0 Å². The van der Waals surface area contributed by atoms with Gasteiger partial charge >= 0.3 is 0 Å². The molecule has 1 saturated heterocycles. The maximum atomic E-state index is 5.52. The molecule has 3 rings (SSSR count). The number of hydrogen-bond donors (Lipinski definition) is 2. The summed E-state index contributed by atoms with van der Waals surface area (Å²) in [6.45, 7) is 4.19. The summed E-state index contributed by atoms with van der Waals surface area (Å²) in [4.78, 5) is 0. The largest absolute Gasteiger partial charge is 0.379 e. The summed E-state index contributed by atoms with van der Waals surface area (Å²) in [5.41, 5.74) is 0.731. The first-order valence-corrected chi connectivity index (χ1v) is 6.80. The predicted molar refractivity (Wildman–Crippen MR) is 64.4 cm³/mol. The van der Waals surface area contributed by atoms with E-state index in [4.69, 9.17) is 4.74 Å². The van der Waals surface area contributed by atoms with Crippen molar-refractivity contribution in [1.82, 2.24) is 10.6 Å². The molecule has 3 aliphatic rings. The molecule has 0 aromatic rings. The minimum absolute atomic E-state index is 0.559. The molecule has 2 saturated carbocycles. The van der Waals surface area contributed by atoms with E-state index in [-0.39, 0.29) is 0 Å². The van der Waals surface area contributed by atoms with E-state index in [2.05, 4.69) is 10.6 Å². The third-order valence-corrected chi connectivity index (χ3v) is 4.79. The number of likely N-dealkylation sites (N-methyl/N-ethyl adjacent to an activating group) is 1. The first-order valence-electron chi connectivity index (χ1n) is 6.80. The Labute approximate surface area is 98.3 Å². The van der Waals surface area contributed by atoms with E-state index in [0.717, 1.165) is 31.1 Å². The Balaban J connectivity index is 1.39. The zero-order valence-corrected chi connectivity index (χ0v) is 10.3. The smallest absolute Gasteiger partial charge is 0.0623 e. The van der Waals surface area contributed by atoms with Gasteiger partial charge in [0.15, 0.2) is 0 Å². The van der Waals surface area contributed by atoms with Crippen molar-refractivity contribution in [3.8, 4) is 0 Å². The SMILES string of the molecule is CNC1COCC1CNCC1(C2CC2)CC1. The molecule has 16 heavy (non-hydrogen) atoms. The molecule has 1 heterocycles. The second-order valence-corrected chi connectivity index (χ2v) is 5.96. The van der Waals surface area contributed by atoms with Gasteiger partial charge in [-0.3, -0.25) is 0 Å². The fourth-order valence-corrected chi connectivity index (χ4v) is 3.21. The van der Waals surface area contributed by atoms with Crippen LogP contribution in [0.2, 0.25) is 0 Å².